The van der Waals surface area contributed by atoms with Crippen LogP contribution in [0.25, 0.3) is 0 Å². The van der Waals surface area contributed by atoms with Crippen LogP contribution in [0, 0.1) is 0 Å². The molecule has 12 nitrogen and oxygen atoms in total. The van der Waals surface area contributed by atoms with Crippen LogP contribution in [0.5, 0.6) is 11.6 Å². The lowest BCUT2D eigenvalue weighted by molar-refractivity contribution is 0.0995. The van der Waals surface area contributed by atoms with Crippen LogP contribution in [0.15, 0.2) is 70.5 Å². The maximum atomic E-state index is 13.2. The second-order valence-electron chi connectivity index (χ2n) is 7.80. The molecule has 0 bridgehead atoms. The zero-order valence-corrected chi connectivity index (χ0v) is 20.1. The molecule has 0 atom stereocenters. The predicted molar refractivity (Wildman–Crippen MR) is 135 cm³/mol. The second-order valence-corrected chi connectivity index (χ2v) is 8.23. The Hall–Kier alpha value is -4.55. The first-order valence-corrected chi connectivity index (χ1v) is 11.5. The number of aromatic nitrogens is 5. The van der Waals surface area contributed by atoms with Crippen LogP contribution < -0.4 is 27.2 Å². The smallest absolute Gasteiger partial charge is 0.354 e. The molecule has 190 valence electrons. The lowest BCUT2D eigenvalue weighted by Crippen LogP contribution is -2.42. The molecule has 2 aromatic carbocycles. The van der Waals surface area contributed by atoms with Crippen LogP contribution in [-0.2, 0) is 13.1 Å². The summed E-state index contributed by atoms with van der Waals surface area (Å²) in [7, 11) is 0. The fraction of sp³-hybridized carbons (Fsp3) is 0.167. The highest BCUT2D eigenvalue weighted by Crippen LogP contribution is 2.22. The number of hydrogen-bond acceptors (Lipinski definition) is 9. The number of carbonyl (C=O) groups excluding carboxylic acids is 1. The van der Waals surface area contributed by atoms with E-state index >= 15 is 0 Å². The van der Waals surface area contributed by atoms with Gasteiger partial charge in [-0.05, 0) is 48.4 Å². The van der Waals surface area contributed by atoms with Gasteiger partial charge in [0.15, 0.2) is 0 Å². The summed E-state index contributed by atoms with van der Waals surface area (Å²) in [5.41, 5.74) is 5.18. The number of primary amides is 1. The van der Waals surface area contributed by atoms with E-state index in [0.717, 1.165) is 10.1 Å². The normalized spacial score (nSPS) is 10.8. The third kappa shape index (κ3) is 6.37. The lowest BCUT2D eigenvalue weighted by atomic mass is 10.2. The van der Waals surface area contributed by atoms with Crippen LogP contribution >= 0.6 is 11.6 Å². The Labute approximate surface area is 215 Å². The van der Waals surface area contributed by atoms with Crippen molar-refractivity contribution in [3.05, 3.63) is 98.2 Å². The first-order chi connectivity index (χ1) is 17.8. The van der Waals surface area contributed by atoms with Crippen molar-refractivity contribution >= 4 is 29.1 Å². The number of anilines is 2. The van der Waals surface area contributed by atoms with Gasteiger partial charge in [-0.25, -0.2) is 24.1 Å². The van der Waals surface area contributed by atoms with Gasteiger partial charge in [-0.1, -0.05) is 23.7 Å². The first-order valence-electron chi connectivity index (χ1n) is 11.1. The maximum Gasteiger partial charge on any atom is 0.354 e. The Kier molecular flexibility index (Phi) is 7.91. The van der Waals surface area contributed by atoms with Gasteiger partial charge in [0, 0.05) is 23.9 Å². The average Bonchev–Trinajstić information content (AvgIpc) is 2.89. The van der Waals surface area contributed by atoms with E-state index < -0.39 is 17.3 Å². The van der Waals surface area contributed by atoms with Crippen molar-refractivity contribution in [3.63, 3.8) is 0 Å². The minimum absolute atomic E-state index is 0.0160. The molecule has 0 spiro atoms. The van der Waals surface area contributed by atoms with Gasteiger partial charge in [-0.2, -0.15) is 4.98 Å². The molecule has 2 aromatic heterocycles. The molecule has 4 N–H and O–H groups in total. The van der Waals surface area contributed by atoms with Crippen molar-refractivity contribution in [2.45, 2.75) is 19.5 Å². The number of benzene rings is 2. The molecular formula is C24H22ClN7O5. The maximum absolute atomic E-state index is 13.2. The van der Waals surface area contributed by atoms with Crippen LogP contribution in [0.4, 0.5) is 11.6 Å². The van der Waals surface area contributed by atoms with Gasteiger partial charge >= 0.3 is 11.4 Å². The Bertz CT molecular complexity index is 1500. The standard InChI is InChI=1S/C24H22ClN7O5/c25-16-4-2-15(3-5-16)14-32-22(30-23(35)31(24(32)36)10-1-11-33)29-17-6-8-18(9-7-17)37-20-13-27-19(12-28-20)21(26)34/h2-9,12-13,33H,1,10-11,14H2,(H2,26,34)(H,29,30,35). The molecule has 0 aliphatic rings. The minimum Gasteiger partial charge on any atom is -0.438 e. The van der Waals surface area contributed by atoms with E-state index in [1.54, 1.807) is 48.5 Å². The Morgan fingerprint density at radius 1 is 1.03 bits per heavy atom. The molecule has 13 heteroatoms. The number of amides is 1. The molecule has 0 aliphatic carbocycles. The van der Waals surface area contributed by atoms with E-state index in [4.69, 9.17) is 27.2 Å². The number of nitrogens with one attached hydrogen (secondary N) is 1. The molecule has 0 fully saturated rings. The molecule has 0 aliphatic heterocycles. The molecule has 37 heavy (non-hydrogen) atoms. The van der Waals surface area contributed by atoms with Crippen LogP contribution in [-0.4, -0.2) is 41.7 Å². The predicted octanol–water partition coefficient (Wildman–Crippen LogP) is 1.91. The molecule has 0 unspecified atom stereocenters. The van der Waals surface area contributed by atoms with Crippen molar-refractivity contribution in [2.24, 2.45) is 5.73 Å². The summed E-state index contributed by atoms with van der Waals surface area (Å²) in [5, 5.41) is 12.7. The van der Waals surface area contributed by atoms with Crippen LogP contribution in [0.1, 0.15) is 22.5 Å². The third-order valence-electron chi connectivity index (χ3n) is 5.16. The molecule has 4 rings (SSSR count). The van der Waals surface area contributed by atoms with Gasteiger partial charge in [0.25, 0.3) is 5.91 Å². The molecule has 0 saturated carbocycles. The summed E-state index contributed by atoms with van der Waals surface area (Å²) in [6, 6.07) is 13.5. The summed E-state index contributed by atoms with van der Waals surface area (Å²) in [5.74, 6) is -0.0567. The number of ether oxygens (including phenoxy) is 1. The van der Waals surface area contributed by atoms with Gasteiger partial charge in [0.1, 0.15) is 11.4 Å². The molecular weight excluding hydrogens is 502 g/mol. The number of carbonyl (C=O) groups is 1. The number of nitrogens with zero attached hydrogens (tertiary/aromatic N) is 5. The lowest BCUT2D eigenvalue weighted by Gasteiger charge is -2.16. The zero-order chi connectivity index (χ0) is 26.4. The van der Waals surface area contributed by atoms with Gasteiger partial charge < -0.3 is 20.9 Å². The fourth-order valence-electron chi connectivity index (χ4n) is 3.31. The van der Waals surface area contributed by atoms with Gasteiger partial charge in [-0.3, -0.25) is 9.36 Å². The monoisotopic (exact) mass is 523 g/mol. The number of aliphatic hydroxyl groups is 1. The Balaban J connectivity index is 1.59. The van der Waals surface area contributed by atoms with E-state index in [-0.39, 0.29) is 43.6 Å². The van der Waals surface area contributed by atoms with E-state index in [2.05, 4.69) is 20.3 Å². The topological polar surface area (TPSA) is 167 Å². The summed E-state index contributed by atoms with van der Waals surface area (Å²) < 4.78 is 7.93. The number of nitrogens with two attached hydrogens (primary N) is 1. The quantitative estimate of drug-likeness (QED) is 0.281. The van der Waals surface area contributed by atoms with Crippen molar-refractivity contribution in [1.29, 1.82) is 0 Å². The Morgan fingerprint density at radius 3 is 2.38 bits per heavy atom. The van der Waals surface area contributed by atoms with E-state index in [0.29, 0.717) is 16.5 Å². The molecule has 4 aromatic rings. The van der Waals surface area contributed by atoms with E-state index in [1.807, 2.05) is 0 Å². The van der Waals surface area contributed by atoms with E-state index in [1.165, 1.54) is 17.0 Å². The van der Waals surface area contributed by atoms with Crippen LogP contribution in [0.2, 0.25) is 5.02 Å². The number of rotatable bonds is 10. The summed E-state index contributed by atoms with van der Waals surface area (Å²) in [6.07, 6.45) is 2.72. The molecule has 2 heterocycles. The first kappa shape index (κ1) is 25.5. The second kappa shape index (κ2) is 11.5. The Morgan fingerprint density at radius 2 is 1.76 bits per heavy atom. The van der Waals surface area contributed by atoms with E-state index in [9.17, 15) is 14.4 Å². The van der Waals surface area contributed by atoms with Crippen molar-refractivity contribution in [2.75, 3.05) is 11.9 Å². The summed E-state index contributed by atoms with van der Waals surface area (Å²) in [4.78, 5) is 48.8. The van der Waals surface area contributed by atoms with Gasteiger partial charge in [0.05, 0.1) is 18.9 Å². The van der Waals surface area contributed by atoms with Gasteiger partial charge in [0.2, 0.25) is 11.8 Å². The molecule has 1 amide bonds. The molecule has 0 radical (unpaired) electrons. The summed E-state index contributed by atoms with van der Waals surface area (Å²) in [6.45, 7) is 0.00166. The highest BCUT2D eigenvalue weighted by Gasteiger charge is 2.14. The van der Waals surface area contributed by atoms with Gasteiger partial charge in [-0.15, -0.1) is 0 Å². The summed E-state index contributed by atoms with van der Waals surface area (Å²) >= 11 is 5.97. The minimum atomic E-state index is -0.730. The van der Waals surface area contributed by atoms with Crippen molar-refractivity contribution < 1.29 is 14.6 Å². The fourth-order valence-corrected chi connectivity index (χ4v) is 3.44. The highest BCUT2D eigenvalue weighted by molar-refractivity contribution is 6.30. The molecule has 0 saturated heterocycles. The van der Waals surface area contributed by atoms with Crippen molar-refractivity contribution in [3.8, 4) is 11.6 Å². The highest BCUT2D eigenvalue weighted by atomic mass is 35.5. The number of hydrogen-bond donors (Lipinski definition) is 3. The number of aliphatic hydroxyl groups excluding tert-OH is 1. The van der Waals surface area contributed by atoms with Crippen molar-refractivity contribution in [1.82, 2.24) is 24.1 Å². The SMILES string of the molecule is NC(=O)c1cnc(Oc2ccc(Nc3nc(=O)n(CCCO)c(=O)n3Cc3ccc(Cl)cc3)cc2)cn1. The zero-order valence-electron chi connectivity index (χ0n) is 19.4. The third-order valence-corrected chi connectivity index (χ3v) is 5.41. The largest absolute Gasteiger partial charge is 0.438 e. The average molecular weight is 524 g/mol. The number of halogens is 1. The van der Waals surface area contributed by atoms with Crippen LogP contribution in [0.3, 0.4) is 0 Å².